The van der Waals surface area contributed by atoms with Gasteiger partial charge < -0.3 is 9.84 Å². The first kappa shape index (κ1) is 20.2. The normalized spacial score (nSPS) is 12.2. The summed E-state index contributed by atoms with van der Waals surface area (Å²) < 4.78 is 19.8. The Labute approximate surface area is 166 Å². The van der Waals surface area contributed by atoms with Gasteiger partial charge in [-0.1, -0.05) is 78.9 Å². The van der Waals surface area contributed by atoms with Gasteiger partial charge >= 0.3 is 0 Å². The minimum absolute atomic E-state index is 0.227. The summed E-state index contributed by atoms with van der Waals surface area (Å²) in [4.78, 5) is 2.05. The molecule has 0 saturated carbocycles. The van der Waals surface area contributed by atoms with Crippen molar-refractivity contribution in [2.75, 3.05) is 13.2 Å². The molecule has 28 heavy (non-hydrogen) atoms. The van der Waals surface area contributed by atoms with Crippen LogP contribution in [0.5, 0.6) is 0 Å². The number of aliphatic hydroxyl groups excluding tert-OH is 1. The summed E-state index contributed by atoms with van der Waals surface area (Å²) in [5.41, 5.74) is 2.81. The van der Waals surface area contributed by atoms with Gasteiger partial charge in [0, 0.05) is 25.2 Å². The van der Waals surface area contributed by atoms with E-state index in [1.54, 1.807) is 12.1 Å². The smallest absolute Gasteiger partial charge is 0.127 e. The Hall–Kier alpha value is -2.53. The predicted molar refractivity (Wildman–Crippen MR) is 109 cm³/mol. The van der Waals surface area contributed by atoms with Gasteiger partial charge in [-0.2, -0.15) is 0 Å². The van der Waals surface area contributed by atoms with E-state index in [1.807, 2.05) is 71.6 Å². The zero-order chi connectivity index (χ0) is 19.6. The molecule has 0 heterocycles. The second kappa shape index (κ2) is 10.7. The molecule has 0 aliphatic heterocycles. The van der Waals surface area contributed by atoms with Gasteiger partial charge in [-0.05, 0) is 17.2 Å². The predicted octanol–water partition coefficient (Wildman–Crippen LogP) is 4.41. The second-order valence-electron chi connectivity index (χ2n) is 6.90. The van der Waals surface area contributed by atoms with Crippen LogP contribution in [0.25, 0.3) is 0 Å². The number of ether oxygens (including phenoxy) is 1. The molecule has 146 valence electrons. The fourth-order valence-electron chi connectivity index (χ4n) is 3.13. The van der Waals surface area contributed by atoms with Gasteiger partial charge in [-0.15, -0.1) is 0 Å². The quantitative estimate of drug-likeness (QED) is 0.567. The van der Waals surface area contributed by atoms with Crippen molar-refractivity contribution in [1.82, 2.24) is 4.90 Å². The van der Waals surface area contributed by atoms with E-state index in [2.05, 4.69) is 0 Å². The fourth-order valence-corrected chi connectivity index (χ4v) is 3.13. The van der Waals surface area contributed by atoms with Crippen molar-refractivity contribution < 1.29 is 14.2 Å². The first-order chi connectivity index (χ1) is 13.7. The SMILES string of the molecule is OC(COCc1ccccc1)CN(Cc1ccccc1)Cc1ccccc1F. The largest absolute Gasteiger partial charge is 0.389 e. The van der Waals surface area contributed by atoms with Crippen molar-refractivity contribution in [3.63, 3.8) is 0 Å². The molecule has 1 atom stereocenters. The highest BCUT2D eigenvalue weighted by atomic mass is 19.1. The Morgan fingerprint density at radius 2 is 1.39 bits per heavy atom. The molecule has 3 aromatic carbocycles. The van der Waals surface area contributed by atoms with Crippen LogP contribution in [0, 0.1) is 5.82 Å². The van der Waals surface area contributed by atoms with Gasteiger partial charge in [0.25, 0.3) is 0 Å². The number of benzene rings is 3. The third-order valence-electron chi connectivity index (χ3n) is 4.49. The van der Waals surface area contributed by atoms with E-state index in [9.17, 15) is 9.50 Å². The summed E-state index contributed by atoms with van der Waals surface area (Å²) in [6.45, 7) is 2.15. The molecule has 1 unspecified atom stereocenters. The molecule has 0 saturated heterocycles. The van der Waals surface area contributed by atoms with Gasteiger partial charge in [-0.25, -0.2) is 4.39 Å². The summed E-state index contributed by atoms with van der Waals surface area (Å²) in [7, 11) is 0. The zero-order valence-electron chi connectivity index (χ0n) is 15.9. The highest BCUT2D eigenvalue weighted by molar-refractivity contribution is 5.18. The molecular weight excluding hydrogens is 353 g/mol. The van der Waals surface area contributed by atoms with Gasteiger partial charge in [0.2, 0.25) is 0 Å². The van der Waals surface area contributed by atoms with E-state index in [1.165, 1.54) is 6.07 Å². The van der Waals surface area contributed by atoms with Crippen molar-refractivity contribution in [2.24, 2.45) is 0 Å². The van der Waals surface area contributed by atoms with Crippen LogP contribution in [0.2, 0.25) is 0 Å². The molecule has 3 aromatic rings. The Morgan fingerprint density at radius 3 is 2.07 bits per heavy atom. The Balaban J connectivity index is 1.58. The molecule has 1 N–H and O–H groups in total. The van der Waals surface area contributed by atoms with Gasteiger partial charge in [0.15, 0.2) is 0 Å². The average Bonchev–Trinajstić information content (AvgIpc) is 2.71. The number of aliphatic hydroxyl groups is 1. The van der Waals surface area contributed by atoms with Crippen molar-refractivity contribution in [2.45, 2.75) is 25.8 Å². The Kier molecular flexibility index (Phi) is 7.73. The van der Waals surface area contributed by atoms with E-state index >= 15 is 0 Å². The van der Waals surface area contributed by atoms with E-state index < -0.39 is 6.10 Å². The molecule has 0 aliphatic carbocycles. The molecule has 0 fully saturated rings. The van der Waals surface area contributed by atoms with Crippen LogP contribution in [0.3, 0.4) is 0 Å². The number of nitrogens with zero attached hydrogens (tertiary/aromatic N) is 1. The summed E-state index contributed by atoms with van der Waals surface area (Å²) in [5, 5.41) is 10.5. The zero-order valence-corrected chi connectivity index (χ0v) is 15.9. The molecule has 0 amide bonds. The first-order valence-corrected chi connectivity index (χ1v) is 9.50. The average molecular weight is 379 g/mol. The molecule has 0 radical (unpaired) electrons. The van der Waals surface area contributed by atoms with Gasteiger partial charge in [0.1, 0.15) is 5.82 Å². The van der Waals surface area contributed by atoms with Crippen LogP contribution in [0.1, 0.15) is 16.7 Å². The maximum atomic E-state index is 14.1. The van der Waals surface area contributed by atoms with Crippen LogP contribution in [0.4, 0.5) is 4.39 Å². The minimum atomic E-state index is -0.654. The maximum Gasteiger partial charge on any atom is 0.127 e. The molecular formula is C24H26FNO2. The van der Waals surface area contributed by atoms with E-state index in [4.69, 9.17) is 4.74 Å². The maximum absolute atomic E-state index is 14.1. The molecule has 4 heteroatoms. The molecule has 0 bridgehead atoms. The monoisotopic (exact) mass is 379 g/mol. The summed E-state index contributed by atoms with van der Waals surface area (Å²) in [5.74, 6) is -0.227. The van der Waals surface area contributed by atoms with Crippen LogP contribution < -0.4 is 0 Å². The topological polar surface area (TPSA) is 32.7 Å². The lowest BCUT2D eigenvalue weighted by Crippen LogP contribution is -2.34. The van der Waals surface area contributed by atoms with Crippen LogP contribution in [-0.2, 0) is 24.4 Å². The Morgan fingerprint density at radius 1 is 0.786 bits per heavy atom. The van der Waals surface area contributed by atoms with E-state index in [-0.39, 0.29) is 12.4 Å². The summed E-state index contributed by atoms with van der Waals surface area (Å²) in [6, 6.07) is 26.6. The third kappa shape index (κ3) is 6.57. The van der Waals surface area contributed by atoms with Gasteiger partial charge in [-0.3, -0.25) is 4.90 Å². The molecule has 3 nitrogen and oxygen atoms in total. The highest BCUT2D eigenvalue weighted by Crippen LogP contribution is 2.14. The molecule has 3 rings (SSSR count). The second-order valence-corrected chi connectivity index (χ2v) is 6.90. The summed E-state index contributed by atoms with van der Waals surface area (Å²) in [6.07, 6.45) is -0.654. The number of hydrogen-bond acceptors (Lipinski definition) is 3. The standard InChI is InChI=1S/C24H26FNO2/c25-24-14-8-7-13-22(24)16-26(15-20-9-3-1-4-10-20)17-23(27)19-28-18-21-11-5-2-6-12-21/h1-14,23,27H,15-19H2. The number of hydrogen-bond donors (Lipinski definition) is 1. The third-order valence-corrected chi connectivity index (χ3v) is 4.49. The fraction of sp³-hybridized carbons (Fsp3) is 0.250. The number of rotatable bonds is 10. The lowest BCUT2D eigenvalue weighted by Gasteiger charge is -2.25. The first-order valence-electron chi connectivity index (χ1n) is 9.50. The van der Waals surface area contributed by atoms with Crippen molar-refractivity contribution in [3.05, 3.63) is 107 Å². The van der Waals surface area contributed by atoms with Crippen molar-refractivity contribution in [1.29, 1.82) is 0 Å². The van der Waals surface area contributed by atoms with Crippen LogP contribution >= 0.6 is 0 Å². The summed E-state index contributed by atoms with van der Waals surface area (Å²) >= 11 is 0. The highest BCUT2D eigenvalue weighted by Gasteiger charge is 2.15. The minimum Gasteiger partial charge on any atom is -0.389 e. The van der Waals surface area contributed by atoms with Crippen LogP contribution in [-0.4, -0.2) is 29.3 Å². The molecule has 0 aromatic heterocycles. The van der Waals surface area contributed by atoms with Crippen molar-refractivity contribution in [3.8, 4) is 0 Å². The lowest BCUT2D eigenvalue weighted by atomic mass is 10.1. The van der Waals surface area contributed by atoms with Gasteiger partial charge in [0.05, 0.1) is 19.3 Å². The Bertz CT molecular complexity index is 826. The van der Waals surface area contributed by atoms with Crippen molar-refractivity contribution >= 4 is 0 Å². The van der Waals surface area contributed by atoms with E-state index in [0.29, 0.717) is 31.8 Å². The number of halogens is 1. The molecule has 0 aliphatic rings. The van der Waals surface area contributed by atoms with E-state index in [0.717, 1.165) is 11.1 Å². The van der Waals surface area contributed by atoms with Crippen LogP contribution in [0.15, 0.2) is 84.9 Å². The molecule has 0 spiro atoms. The lowest BCUT2D eigenvalue weighted by molar-refractivity contribution is 0.00697.